The van der Waals surface area contributed by atoms with Gasteiger partial charge in [-0.1, -0.05) is 21.1 Å². The van der Waals surface area contributed by atoms with Gasteiger partial charge in [0.05, 0.1) is 12.2 Å². The Balaban J connectivity index is 1.94. The number of amides is 2. The smallest absolute Gasteiger partial charge is 0.257 e. The topological polar surface area (TPSA) is 84.2 Å². The molecule has 1 aromatic heterocycles. The lowest BCUT2D eigenvalue weighted by atomic mass is 10.2. The van der Waals surface area contributed by atoms with Crippen molar-refractivity contribution in [2.45, 2.75) is 20.8 Å². The third-order valence-corrected chi connectivity index (χ3v) is 3.63. The monoisotopic (exact) mass is 365 g/mol. The van der Waals surface area contributed by atoms with Crippen LogP contribution in [0.1, 0.15) is 27.4 Å². The summed E-state index contributed by atoms with van der Waals surface area (Å²) in [7, 11) is 0. The van der Waals surface area contributed by atoms with Crippen molar-refractivity contribution in [2.75, 3.05) is 11.9 Å². The van der Waals surface area contributed by atoms with Gasteiger partial charge >= 0.3 is 0 Å². The number of carbonyl (C=O) groups excluding carboxylic acids is 2. The molecule has 0 saturated heterocycles. The molecule has 0 aliphatic rings. The fourth-order valence-corrected chi connectivity index (χ4v) is 2.49. The number of carbonyl (C=O) groups is 2. The van der Waals surface area contributed by atoms with Crippen molar-refractivity contribution in [1.29, 1.82) is 0 Å². The van der Waals surface area contributed by atoms with E-state index in [9.17, 15) is 9.59 Å². The van der Waals surface area contributed by atoms with Gasteiger partial charge in [-0.05, 0) is 44.5 Å². The van der Waals surface area contributed by atoms with Crippen LogP contribution in [0.15, 0.2) is 27.2 Å². The Labute approximate surface area is 136 Å². The molecule has 0 radical (unpaired) electrons. The molecule has 0 unspecified atom stereocenters. The van der Waals surface area contributed by atoms with Crippen LogP contribution in [0.3, 0.4) is 0 Å². The highest BCUT2D eigenvalue weighted by Crippen LogP contribution is 2.19. The van der Waals surface area contributed by atoms with Gasteiger partial charge in [0.25, 0.3) is 5.91 Å². The summed E-state index contributed by atoms with van der Waals surface area (Å²) in [6.07, 6.45) is 0. The van der Waals surface area contributed by atoms with Gasteiger partial charge in [-0.15, -0.1) is 0 Å². The maximum Gasteiger partial charge on any atom is 0.257 e. The Morgan fingerprint density at radius 1 is 1.27 bits per heavy atom. The molecule has 22 heavy (non-hydrogen) atoms. The Morgan fingerprint density at radius 2 is 2.00 bits per heavy atom. The molecule has 2 aromatic rings. The first-order valence-electron chi connectivity index (χ1n) is 6.65. The molecule has 2 N–H and O–H groups in total. The summed E-state index contributed by atoms with van der Waals surface area (Å²) in [5.74, 6) is -0.247. The number of hydrogen-bond donors (Lipinski definition) is 2. The van der Waals surface area contributed by atoms with Crippen LogP contribution in [-0.2, 0) is 4.79 Å². The van der Waals surface area contributed by atoms with E-state index in [0.29, 0.717) is 22.7 Å². The lowest BCUT2D eigenvalue weighted by Gasteiger charge is -2.09. The van der Waals surface area contributed by atoms with Gasteiger partial charge in [0.2, 0.25) is 5.91 Å². The Kier molecular flexibility index (Phi) is 4.97. The standard InChI is InChI=1S/C15H16BrN3O3/c1-8-6-11(16)4-5-12(8)18-13(20)7-17-15(21)14-9(2)19-22-10(14)3/h4-6H,7H2,1-3H3,(H,17,21)(H,18,20). The normalized spacial score (nSPS) is 10.4. The van der Waals surface area contributed by atoms with Gasteiger partial charge in [0.1, 0.15) is 11.3 Å². The van der Waals surface area contributed by atoms with E-state index in [4.69, 9.17) is 4.52 Å². The summed E-state index contributed by atoms with van der Waals surface area (Å²) in [6.45, 7) is 5.10. The number of anilines is 1. The van der Waals surface area contributed by atoms with Gasteiger partial charge in [-0.25, -0.2) is 0 Å². The zero-order chi connectivity index (χ0) is 16.3. The molecule has 0 bridgehead atoms. The first-order valence-corrected chi connectivity index (χ1v) is 7.45. The van der Waals surface area contributed by atoms with E-state index in [1.165, 1.54) is 0 Å². The van der Waals surface area contributed by atoms with E-state index in [1.807, 2.05) is 19.1 Å². The van der Waals surface area contributed by atoms with E-state index in [2.05, 4.69) is 31.7 Å². The van der Waals surface area contributed by atoms with E-state index < -0.39 is 0 Å². The molecule has 0 aliphatic carbocycles. The molecule has 0 spiro atoms. The first-order chi connectivity index (χ1) is 10.4. The van der Waals surface area contributed by atoms with Crippen molar-refractivity contribution >= 4 is 33.4 Å². The van der Waals surface area contributed by atoms with E-state index >= 15 is 0 Å². The molecule has 0 saturated carbocycles. The van der Waals surface area contributed by atoms with Crippen LogP contribution in [0.5, 0.6) is 0 Å². The average molecular weight is 366 g/mol. The summed E-state index contributed by atoms with van der Waals surface area (Å²) < 4.78 is 5.87. The number of halogens is 1. The minimum absolute atomic E-state index is 0.127. The van der Waals surface area contributed by atoms with Crippen LogP contribution in [0.2, 0.25) is 0 Å². The molecule has 7 heteroatoms. The number of benzene rings is 1. The zero-order valence-electron chi connectivity index (χ0n) is 12.5. The Morgan fingerprint density at radius 3 is 2.59 bits per heavy atom. The van der Waals surface area contributed by atoms with E-state index in [0.717, 1.165) is 10.0 Å². The third-order valence-electron chi connectivity index (χ3n) is 3.13. The van der Waals surface area contributed by atoms with Gasteiger partial charge in [-0.2, -0.15) is 0 Å². The first kappa shape index (κ1) is 16.2. The van der Waals surface area contributed by atoms with Crippen LogP contribution < -0.4 is 10.6 Å². The number of rotatable bonds is 4. The maximum absolute atomic E-state index is 12.0. The average Bonchev–Trinajstić information content (AvgIpc) is 2.79. The summed E-state index contributed by atoms with van der Waals surface area (Å²) in [4.78, 5) is 23.9. The molecule has 2 rings (SSSR count). The van der Waals surface area contributed by atoms with Crippen LogP contribution in [-0.4, -0.2) is 23.5 Å². The zero-order valence-corrected chi connectivity index (χ0v) is 14.1. The number of nitrogens with zero attached hydrogens (tertiary/aromatic N) is 1. The Bertz CT molecular complexity index is 705. The molecule has 0 atom stereocenters. The summed E-state index contributed by atoms with van der Waals surface area (Å²) in [5.41, 5.74) is 2.51. The van der Waals surface area contributed by atoms with Crippen LogP contribution in [0.25, 0.3) is 0 Å². The highest BCUT2D eigenvalue weighted by Gasteiger charge is 2.18. The molecular weight excluding hydrogens is 350 g/mol. The van der Waals surface area contributed by atoms with Crippen molar-refractivity contribution in [2.24, 2.45) is 0 Å². The predicted octanol–water partition coefficient (Wildman–Crippen LogP) is 2.73. The summed E-state index contributed by atoms with van der Waals surface area (Å²) in [6, 6.07) is 5.54. The molecule has 1 heterocycles. The SMILES string of the molecule is Cc1cc(Br)ccc1NC(=O)CNC(=O)c1c(C)noc1C. The van der Waals surface area contributed by atoms with Crippen molar-refractivity contribution in [1.82, 2.24) is 10.5 Å². The van der Waals surface area contributed by atoms with Crippen molar-refractivity contribution in [3.8, 4) is 0 Å². The predicted molar refractivity (Wildman–Crippen MR) is 85.8 cm³/mol. The molecule has 0 fully saturated rings. The quantitative estimate of drug-likeness (QED) is 0.872. The Hall–Kier alpha value is -2.15. The van der Waals surface area contributed by atoms with Crippen LogP contribution in [0.4, 0.5) is 5.69 Å². The fourth-order valence-electron chi connectivity index (χ4n) is 2.02. The number of hydrogen-bond acceptors (Lipinski definition) is 4. The van der Waals surface area contributed by atoms with E-state index in [1.54, 1.807) is 19.9 Å². The fraction of sp³-hybridized carbons (Fsp3) is 0.267. The van der Waals surface area contributed by atoms with Gasteiger partial charge < -0.3 is 15.2 Å². The summed E-state index contributed by atoms with van der Waals surface area (Å²) in [5, 5.41) is 9.02. The molecule has 2 amide bonds. The second-order valence-corrected chi connectivity index (χ2v) is 5.80. The second kappa shape index (κ2) is 6.74. The maximum atomic E-state index is 12.0. The van der Waals surface area contributed by atoms with E-state index in [-0.39, 0.29) is 18.4 Å². The lowest BCUT2D eigenvalue weighted by Crippen LogP contribution is -2.33. The molecular formula is C15H16BrN3O3. The molecule has 0 aliphatic heterocycles. The van der Waals surface area contributed by atoms with Crippen molar-refractivity contribution in [3.63, 3.8) is 0 Å². The lowest BCUT2D eigenvalue weighted by molar-refractivity contribution is -0.115. The largest absolute Gasteiger partial charge is 0.361 e. The number of aryl methyl sites for hydroxylation is 3. The summed E-state index contributed by atoms with van der Waals surface area (Å²) >= 11 is 3.36. The van der Waals surface area contributed by atoms with Crippen LogP contribution >= 0.6 is 15.9 Å². The molecule has 116 valence electrons. The molecule has 1 aromatic carbocycles. The third kappa shape index (κ3) is 3.73. The van der Waals surface area contributed by atoms with Gasteiger partial charge in [0, 0.05) is 10.2 Å². The van der Waals surface area contributed by atoms with Crippen molar-refractivity contribution < 1.29 is 14.1 Å². The highest BCUT2D eigenvalue weighted by molar-refractivity contribution is 9.10. The molecule has 6 nitrogen and oxygen atoms in total. The van der Waals surface area contributed by atoms with Gasteiger partial charge in [0.15, 0.2) is 0 Å². The van der Waals surface area contributed by atoms with Crippen LogP contribution in [0, 0.1) is 20.8 Å². The minimum atomic E-state index is -0.376. The highest BCUT2D eigenvalue weighted by atomic mass is 79.9. The number of aromatic nitrogens is 1. The minimum Gasteiger partial charge on any atom is -0.361 e. The second-order valence-electron chi connectivity index (χ2n) is 4.89. The number of nitrogens with one attached hydrogen (secondary N) is 2. The van der Waals surface area contributed by atoms with Crippen molar-refractivity contribution in [3.05, 3.63) is 45.3 Å². The van der Waals surface area contributed by atoms with Gasteiger partial charge in [-0.3, -0.25) is 9.59 Å².